The van der Waals surface area contributed by atoms with Crippen LogP contribution in [0.4, 0.5) is 0 Å². The molecule has 0 amide bonds. The van der Waals surface area contributed by atoms with Crippen LogP contribution in [-0.4, -0.2) is 49.7 Å². The molecular weight excluding hydrogens is 162 g/mol. The Bertz CT molecular complexity index is 154. The summed E-state index contributed by atoms with van der Waals surface area (Å²) in [5, 5.41) is 6.99. The average molecular weight is 183 g/mol. The van der Waals surface area contributed by atoms with E-state index < -0.39 is 0 Å². The second-order valence-corrected chi connectivity index (χ2v) is 4.34. The quantitative estimate of drug-likeness (QED) is 0.632. The zero-order valence-electron chi connectivity index (χ0n) is 8.55. The number of piperazine rings is 1. The summed E-state index contributed by atoms with van der Waals surface area (Å²) >= 11 is 0. The second-order valence-electron chi connectivity index (χ2n) is 4.34. The molecule has 0 radical (unpaired) electrons. The lowest BCUT2D eigenvalue weighted by atomic mass is 10.1. The Morgan fingerprint density at radius 1 is 1.38 bits per heavy atom. The highest BCUT2D eigenvalue weighted by Gasteiger charge is 2.22. The monoisotopic (exact) mass is 183 g/mol. The van der Waals surface area contributed by atoms with Crippen molar-refractivity contribution in [2.45, 2.75) is 31.8 Å². The van der Waals surface area contributed by atoms with Gasteiger partial charge in [-0.2, -0.15) is 0 Å². The van der Waals surface area contributed by atoms with E-state index in [0.717, 1.165) is 25.2 Å². The molecule has 2 N–H and O–H groups in total. The molecule has 76 valence electrons. The first-order valence-electron chi connectivity index (χ1n) is 5.54. The summed E-state index contributed by atoms with van der Waals surface area (Å²) in [5.41, 5.74) is 0. The number of rotatable bonds is 2. The molecule has 2 fully saturated rings. The van der Waals surface area contributed by atoms with Crippen LogP contribution in [0, 0.1) is 0 Å². The van der Waals surface area contributed by atoms with Gasteiger partial charge in [-0.05, 0) is 26.3 Å². The van der Waals surface area contributed by atoms with E-state index in [9.17, 15) is 0 Å². The number of nitrogens with one attached hydrogen (secondary N) is 2. The van der Waals surface area contributed by atoms with Crippen LogP contribution in [0.2, 0.25) is 0 Å². The van der Waals surface area contributed by atoms with Crippen molar-refractivity contribution in [1.29, 1.82) is 0 Å². The van der Waals surface area contributed by atoms with Gasteiger partial charge in [0.1, 0.15) is 0 Å². The van der Waals surface area contributed by atoms with E-state index in [0.29, 0.717) is 0 Å². The third-order valence-corrected chi connectivity index (χ3v) is 3.26. The fraction of sp³-hybridized carbons (Fsp3) is 1.00. The van der Waals surface area contributed by atoms with Gasteiger partial charge in [0.05, 0.1) is 0 Å². The van der Waals surface area contributed by atoms with E-state index in [1.165, 1.54) is 32.5 Å². The Labute approximate surface area is 80.9 Å². The normalized spacial score (nSPS) is 36.7. The minimum atomic E-state index is 0.719. The van der Waals surface area contributed by atoms with E-state index in [1.54, 1.807) is 0 Å². The van der Waals surface area contributed by atoms with Crippen LogP contribution in [-0.2, 0) is 0 Å². The lowest BCUT2D eigenvalue weighted by Gasteiger charge is -2.35. The van der Waals surface area contributed by atoms with Gasteiger partial charge in [-0.15, -0.1) is 0 Å². The van der Waals surface area contributed by atoms with Gasteiger partial charge in [-0.25, -0.2) is 0 Å². The summed E-state index contributed by atoms with van der Waals surface area (Å²) < 4.78 is 0. The predicted molar refractivity (Wildman–Crippen MR) is 54.9 cm³/mol. The highest BCUT2D eigenvalue weighted by atomic mass is 15.2. The van der Waals surface area contributed by atoms with Crippen LogP contribution in [0.3, 0.4) is 0 Å². The number of hydrogen-bond acceptors (Lipinski definition) is 3. The van der Waals surface area contributed by atoms with E-state index >= 15 is 0 Å². The van der Waals surface area contributed by atoms with Crippen LogP contribution < -0.4 is 10.6 Å². The minimum Gasteiger partial charge on any atom is -0.314 e. The summed E-state index contributed by atoms with van der Waals surface area (Å²) in [4.78, 5) is 2.61. The molecule has 3 nitrogen and oxygen atoms in total. The zero-order valence-corrected chi connectivity index (χ0v) is 8.55. The smallest absolute Gasteiger partial charge is 0.0195 e. The van der Waals surface area contributed by atoms with Crippen molar-refractivity contribution in [2.24, 2.45) is 0 Å². The average Bonchev–Trinajstić information content (AvgIpc) is 2.61. The highest BCUT2D eigenvalue weighted by molar-refractivity contribution is 4.83. The molecule has 0 aliphatic carbocycles. The van der Waals surface area contributed by atoms with Crippen molar-refractivity contribution in [1.82, 2.24) is 15.5 Å². The van der Waals surface area contributed by atoms with Crippen molar-refractivity contribution in [3.05, 3.63) is 0 Å². The fourth-order valence-corrected chi connectivity index (χ4v) is 2.35. The van der Waals surface area contributed by atoms with Gasteiger partial charge < -0.3 is 10.6 Å². The van der Waals surface area contributed by atoms with Crippen molar-refractivity contribution in [2.75, 3.05) is 32.7 Å². The summed E-state index contributed by atoms with van der Waals surface area (Å²) in [6, 6.07) is 1.48. The Hall–Kier alpha value is -0.120. The molecule has 0 unspecified atom stereocenters. The van der Waals surface area contributed by atoms with Gasteiger partial charge >= 0.3 is 0 Å². The zero-order chi connectivity index (χ0) is 9.10. The van der Waals surface area contributed by atoms with E-state index in [2.05, 4.69) is 22.5 Å². The predicted octanol–water partition coefficient (Wildman–Crippen LogP) is 0.0321. The molecule has 2 saturated heterocycles. The molecule has 2 heterocycles. The van der Waals surface area contributed by atoms with Crippen LogP contribution in [0.15, 0.2) is 0 Å². The van der Waals surface area contributed by atoms with Crippen LogP contribution in [0.25, 0.3) is 0 Å². The summed E-state index contributed by atoms with van der Waals surface area (Å²) in [6.45, 7) is 8.35. The minimum absolute atomic E-state index is 0.719. The Morgan fingerprint density at radius 3 is 3.00 bits per heavy atom. The first-order chi connectivity index (χ1) is 6.36. The molecule has 0 aromatic heterocycles. The standard InChI is InChI=1S/C10H21N3/c1-9-7-11-5-6-13(9)8-10-3-2-4-12-10/h9-12H,2-8H2,1H3/t9-,10-/m0/s1. The molecule has 0 saturated carbocycles. The number of nitrogens with zero attached hydrogens (tertiary/aromatic N) is 1. The molecule has 3 heteroatoms. The highest BCUT2D eigenvalue weighted by Crippen LogP contribution is 2.10. The summed E-state index contributed by atoms with van der Waals surface area (Å²) in [5.74, 6) is 0. The molecule has 0 aromatic carbocycles. The maximum absolute atomic E-state index is 3.56. The second kappa shape index (κ2) is 4.40. The van der Waals surface area contributed by atoms with Crippen molar-refractivity contribution >= 4 is 0 Å². The largest absolute Gasteiger partial charge is 0.314 e. The summed E-state index contributed by atoms with van der Waals surface area (Å²) in [7, 11) is 0. The molecular formula is C10H21N3. The summed E-state index contributed by atoms with van der Waals surface area (Å²) in [6.07, 6.45) is 2.74. The SMILES string of the molecule is C[C@H]1CNCCN1C[C@@H]1CCCN1. The van der Waals surface area contributed by atoms with Crippen LogP contribution >= 0.6 is 0 Å². The lowest BCUT2D eigenvalue weighted by Crippen LogP contribution is -2.53. The third-order valence-electron chi connectivity index (χ3n) is 3.26. The van der Waals surface area contributed by atoms with Gasteiger partial charge in [0.15, 0.2) is 0 Å². The van der Waals surface area contributed by atoms with E-state index in [-0.39, 0.29) is 0 Å². The topological polar surface area (TPSA) is 27.3 Å². The molecule has 13 heavy (non-hydrogen) atoms. The maximum atomic E-state index is 3.56. The van der Waals surface area contributed by atoms with Gasteiger partial charge in [-0.1, -0.05) is 0 Å². The van der Waals surface area contributed by atoms with Gasteiger partial charge in [0.2, 0.25) is 0 Å². The molecule has 2 atom stereocenters. The molecule has 0 aromatic rings. The van der Waals surface area contributed by atoms with Gasteiger partial charge in [0.25, 0.3) is 0 Å². The Balaban J connectivity index is 1.78. The molecule has 2 aliphatic rings. The Kier molecular flexibility index (Phi) is 3.19. The molecule has 0 bridgehead atoms. The van der Waals surface area contributed by atoms with Crippen molar-refractivity contribution < 1.29 is 0 Å². The van der Waals surface area contributed by atoms with Crippen molar-refractivity contribution in [3.63, 3.8) is 0 Å². The maximum Gasteiger partial charge on any atom is 0.0195 e. The third kappa shape index (κ3) is 2.42. The van der Waals surface area contributed by atoms with E-state index in [1.807, 2.05) is 0 Å². The Morgan fingerprint density at radius 2 is 2.31 bits per heavy atom. The van der Waals surface area contributed by atoms with Crippen molar-refractivity contribution in [3.8, 4) is 0 Å². The van der Waals surface area contributed by atoms with E-state index in [4.69, 9.17) is 0 Å². The molecule has 2 rings (SSSR count). The molecule has 0 spiro atoms. The van der Waals surface area contributed by atoms with Gasteiger partial charge in [0, 0.05) is 38.3 Å². The first kappa shape index (κ1) is 9.44. The van der Waals surface area contributed by atoms with Gasteiger partial charge in [-0.3, -0.25) is 4.90 Å². The number of hydrogen-bond donors (Lipinski definition) is 2. The lowest BCUT2D eigenvalue weighted by molar-refractivity contribution is 0.160. The first-order valence-corrected chi connectivity index (χ1v) is 5.54. The van der Waals surface area contributed by atoms with Crippen LogP contribution in [0.5, 0.6) is 0 Å². The molecule has 2 aliphatic heterocycles. The fourth-order valence-electron chi connectivity index (χ4n) is 2.35. The van der Waals surface area contributed by atoms with Crippen LogP contribution in [0.1, 0.15) is 19.8 Å².